The van der Waals surface area contributed by atoms with E-state index in [1.807, 2.05) is 13.8 Å². The Bertz CT molecular complexity index is 932. The maximum Gasteiger partial charge on any atom is 0.293 e. The average molecular weight is 405 g/mol. The minimum absolute atomic E-state index is 0.0532. The van der Waals surface area contributed by atoms with Crippen LogP contribution in [0.4, 0.5) is 11.4 Å². The van der Waals surface area contributed by atoms with Crippen molar-refractivity contribution in [1.29, 1.82) is 0 Å². The van der Waals surface area contributed by atoms with Crippen molar-refractivity contribution in [3.05, 3.63) is 64.7 Å². The zero-order valence-corrected chi connectivity index (χ0v) is 16.6. The summed E-state index contributed by atoms with van der Waals surface area (Å²) >= 11 is 0. The quantitative estimate of drug-likeness (QED) is 0.509. The van der Waals surface area contributed by atoms with Crippen LogP contribution in [0.3, 0.4) is 0 Å². The van der Waals surface area contributed by atoms with Crippen LogP contribution < -0.4 is 9.62 Å². The van der Waals surface area contributed by atoms with Crippen molar-refractivity contribution in [1.82, 2.24) is 5.32 Å². The predicted octanol–water partition coefficient (Wildman–Crippen LogP) is 3.09. The van der Waals surface area contributed by atoms with Crippen LogP contribution in [0.5, 0.6) is 0 Å². The summed E-state index contributed by atoms with van der Waals surface area (Å²) in [5.74, 6) is -0.529. The number of sulfonamides is 1. The van der Waals surface area contributed by atoms with E-state index in [2.05, 4.69) is 5.32 Å². The van der Waals surface area contributed by atoms with Gasteiger partial charge in [0.1, 0.15) is 12.2 Å². The summed E-state index contributed by atoms with van der Waals surface area (Å²) in [5, 5.41) is 14.2. The molecule has 0 bridgehead atoms. The Hall–Kier alpha value is -2.94. The molecule has 2 rings (SSSR count). The fourth-order valence-corrected chi connectivity index (χ4v) is 4.26. The molecule has 1 N–H and O–H groups in total. The van der Waals surface area contributed by atoms with Crippen LogP contribution in [-0.2, 0) is 14.8 Å². The van der Waals surface area contributed by atoms with Crippen LogP contribution in [-0.4, -0.2) is 31.8 Å². The first kappa shape index (κ1) is 21.4. The van der Waals surface area contributed by atoms with E-state index in [0.29, 0.717) is 0 Å². The van der Waals surface area contributed by atoms with Crippen LogP contribution in [0.25, 0.3) is 0 Å². The van der Waals surface area contributed by atoms with Gasteiger partial charge in [-0.1, -0.05) is 43.7 Å². The van der Waals surface area contributed by atoms with Gasteiger partial charge in [0.15, 0.2) is 0 Å². The molecule has 28 heavy (non-hydrogen) atoms. The SMILES string of the molecule is CCC[C@H](C)NC(=O)CN(c1ccccc1[N+](=O)[O-])S(=O)(=O)c1ccccc1. The monoisotopic (exact) mass is 405 g/mol. The second kappa shape index (κ2) is 9.32. The number of carbonyl (C=O) groups excluding carboxylic acids is 1. The molecule has 2 aromatic carbocycles. The van der Waals surface area contributed by atoms with E-state index in [0.717, 1.165) is 17.1 Å². The molecule has 0 radical (unpaired) electrons. The number of hydrogen-bond acceptors (Lipinski definition) is 5. The van der Waals surface area contributed by atoms with E-state index in [4.69, 9.17) is 0 Å². The lowest BCUT2D eigenvalue weighted by Crippen LogP contribution is -2.43. The van der Waals surface area contributed by atoms with E-state index in [1.54, 1.807) is 18.2 Å². The largest absolute Gasteiger partial charge is 0.352 e. The Labute approximate surface area is 164 Å². The first-order valence-electron chi connectivity index (χ1n) is 8.88. The summed E-state index contributed by atoms with van der Waals surface area (Å²) < 4.78 is 27.1. The van der Waals surface area contributed by atoms with Crippen molar-refractivity contribution in [3.8, 4) is 0 Å². The topological polar surface area (TPSA) is 110 Å². The maximum absolute atomic E-state index is 13.2. The lowest BCUT2D eigenvalue weighted by molar-refractivity contribution is -0.384. The number of rotatable bonds is 9. The van der Waals surface area contributed by atoms with E-state index in [9.17, 15) is 23.3 Å². The number of nitrogens with zero attached hydrogens (tertiary/aromatic N) is 2. The molecule has 0 aliphatic rings. The molecule has 8 nitrogen and oxygen atoms in total. The molecule has 0 aliphatic heterocycles. The number of nitro benzene ring substituents is 1. The normalized spacial score (nSPS) is 12.2. The Morgan fingerprint density at radius 2 is 1.75 bits per heavy atom. The van der Waals surface area contributed by atoms with Gasteiger partial charge in [0, 0.05) is 12.1 Å². The smallest absolute Gasteiger partial charge is 0.293 e. The molecule has 0 heterocycles. The number of hydrogen-bond donors (Lipinski definition) is 1. The van der Waals surface area contributed by atoms with Crippen molar-refractivity contribution in [2.45, 2.75) is 37.6 Å². The van der Waals surface area contributed by atoms with Gasteiger partial charge in [-0.05, 0) is 31.5 Å². The second-order valence-electron chi connectivity index (χ2n) is 6.33. The number of amides is 1. The third-order valence-electron chi connectivity index (χ3n) is 4.09. The molecule has 9 heteroatoms. The van der Waals surface area contributed by atoms with E-state index in [1.165, 1.54) is 36.4 Å². The maximum atomic E-state index is 13.2. The standard InChI is InChI=1S/C19H23N3O5S/c1-3-9-15(2)20-19(23)14-21(17-12-7-8-13-18(17)22(24)25)28(26,27)16-10-5-4-6-11-16/h4-8,10-13,15H,3,9,14H2,1-2H3,(H,20,23)/t15-/m0/s1. The molecule has 2 aromatic rings. The summed E-state index contributed by atoms with van der Waals surface area (Å²) in [5.41, 5.74) is -0.550. The van der Waals surface area contributed by atoms with Gasteiger partial charge in [0.05, 0.1) is 9.82 Å². The summed E-state index contributed by atoms with van der Waals surface area (Å²) in [6.45, 7) is 3.24. The van der Waals surface area contributed by atoms with Crippen LogP contribution in [0.2, 0.25) is 0 Å². The van der Waals surface area contributed by atoms with Gasteiger partial charge in [-0.2, -0.15) is 0 Å². The Morgan fingerprint density at radius 3 is 2.36 bits per heavy atom. The van der Waals surface area contributed by atoms with Gasteiger partial charge >= 0.3 is 0 Å². The molecule has 0 aromatic heterocycles. The van der Waals surface area contributed by atoms with Crippen molar-refractivity contribution in [2.24, 2.45) is 0 Å². The van der Waals surface area contributed by atoms with Crippen LogP contribution >= 0.6 is 0 Å². The summed E-state index contributed by atoms with van der Waals surface area (Å²) in [4.78, 5) is 23.2. The van der Waals surface area contributed by atoms with Crippen LogP contribution in [0.15, 0.2) is 59.5 Å². The molecule has 0 unspecified atom stereocenters. The second-order valence-corrected chi connectivity index (χ2v) is 8.19. The molecule has 0 saturated carbocycles. The molecule has 0 aliphatic carbocycles. The molecule has 1 atom stereocenters. The predicted molar refractivity (Wildman–Crippen MR) is 107 cm³/mol. The Morgan fingerprint density at radius 1 is 1.14 bits per heavy atom. The van der Waals surface area contributed by atoms with Crippen molar-refractivity contribution < 1.29 is 18.1 Å². The highest BCUT2D eigenvalue weighted by Crippen LogP contribution is 2.31. The third kappa shape index (κ3) is 5.07. The molecular formula is C19H23N3O5S. The lowest BCUT2D eigenvalue weighted by Gasteiger charge is -2.24. The number of anilines is 1. The molecule has 150 valence electrons. The number of para-hydroxylation sites is 2. The van der Waals surface area contributed by atoms with E-state index < -0.39 is 33.1 Å². The van der Waals surface area contributed by atoms with Gasteiger partial charge < -0.3 is 5.32 Å². The fraction of sp³-hybridized carbons (Fsp3) is 0.316. The molecule has 1 amide bonds. The van der Waals surface area contributed by atoms with E-state index in [-0.39, 0.29) is 16.6 Å². The highest BCUT2D eigenvalue weighted by Gasteiger charge is 2.32. The van der Waals surface area contributed by atoms with Gasteiger partial charge in [-0.15, -0.1) is 0 Å². The van der Waals surface area contributed by atoms with Gasteiger partial charge in [-0.3, -0.25) is 14.9 Å². The third-order valence-corrected chi connectivity index (χ3v) is 5.87. The minimum atomic E-state index is -4.19. The Kier molecular flexibility index (Phi) is 7.11. The Balaban J connectivity index is 2.48. The summed E-state index contributed by atoms with van der Waals surface area (Å²) in [7, 11) is -4.19. The number of carbonyl (C=O) groups is 1. The highest BCUT2D eigenvalue weighted by atomic mass is 32.2. The molecule has 0 spiro atoms. The first-order chi connectivity index (χ1) is 13.3. The van der Waals surface area contributed by atoms with E-state index >= 15 is 0 Å². The van der Waals surface area contributed by atoms with Gasteiger partial charge in [0.2, 0.25) is 5.91 Å². The van der Waals surface area contributed by atoms with Gasteiger partial charge in [0.25, 0.3) is 15.7 Å². The number of nitro groups is 1. The zero-order chi connectivity index (χ0) is 20.7. The number of nitrogens with one attached hydrogen (secondary N) is 1. The summed E-state index contributed by atoms with van der Waals surface area (Å²) in [6.07, 6.45) is 1.60. The van der Waals surface area contributed by atoms with Crippen molar-refractivity contribution >= 4 is 27.3 Å². The summed E-state index contributed by atoms with van der Waals surface area (Å²) in [6, 6.07) is 12.9. The highest BCUT2D eigenvalue weighted by molar-refractivity contribution is 7.92. The van der Waals surface area contributed by atoms with Gasteiger partial charge in [-0.25, -0.2) is 12.7 Å². The molecule has 0 saturated heterocycles. The zero-order valence-electron chi connectivity index (χ0n) is 15.7. The van der Waals surface area contributed by atoms with Crippen LogP contribution in [0.1, 0.15) is 26.7 Å². The minimum Gasteiger partial charge on any atom is -0.352 e. The molecular weight excluding hydrogens is 382 g/mol. The fourth-order valence-electron chi connectivity index (χ4n) is 2.80. The van der Waals surface area contributed by atoms with Crippen molar-refractivity contribution in [2.75, 3.05) is 10.8 Å². The number of benzene rings is 2. The van der Waals surface area contributed by atoms with Crippen molar-refractivity contribution in [3.63, 3.8) is 0 Å². The lowest BCUT2D eigenvalue weighted by atomic mass is 10.2. The molecule has 0 fully saturated rings. The first-order valence-corrected chi connectivity index (χ1v) is 10.3. The van der Waals surface area contributed by atoms with Crippen LogP contribution in [0, 0.1) is 10.1 Å². The average Bonchev–Trinajstić information content (AvgIpc) is 2.66.